The number of benzene rings is 1. The maximum Gasteiger partial charge on any atom is 0.244 e. The summed E-state index contributed by atoms with van der Waals surface area (Å²) in [6.45, 7) is 5.10. The van der Waals surface area contributed by atoms with Crippen LogP contribution in [-0.4, -0.2) is 29.6 Å². The first-order chi connectivity index (χ1) is 12.0. The molecule has 0 radical (unpaired) electrons. The lowest BCUT2D eigenvalue weighted by atomic mass is 9.90. The Bertz CT molecular complexity index is 753. The SMILES string of the molecule is Cc1ccc(Oc2ccc(NC(=O)C3(N)CCOCC3)cn2)cc1C. The van der Waals surface area contributed by atoms with Crippen molar-refractivity contribution in [1.82, 2.24) is 4.98 Å². The zero-order valence-corrected chi connectivity index (χ0v) is 14.5. The Morgan fingerprint density at radius 2 is 1.96 bits per heavy atom. The molecule has 1 aromatic heterocycles. The second kappa shape index (κ2) is 7.21. The van der Waals surface area contributed by atoms with Gasteiger partial charge in [0.2, 0.25) is 11.8 Å². The predicted octanol–water partition coefficient (Wildman–Crippen LogP) is 2.94. The lowest BCUT2D eigenvalue weighted by Crippen LogP contribution is -2.54. The van der Waals surface area contributed by atoms with Crippen molar-refractivity contribution in [2.75, 3.05) is 18.5 Å². The van der Waals surface area contributed by atoms with Crippen LogP contribution in [0.25, 0.3) is 0 Å². The Morgan fingerprint density at radius 1 is 1.20 bits per heavy atom. The Labute approximate surface area is 147 Å². The minimum atomic E-state index is -0.882. The molecule has 3 N–H and O–H groups in total. The average Bonchev–Trinajstić information content (AvgIpc) is 2.60. The topological polar surface area (TPSA) is 86.5 Å². The number of pyridine rings is 1. The number of hydrogen-bond donors (Lipinski definition) is 2. The number of carbonyl (C=O) groups excluding carboxylic acids is 1. The van der Waals surface area contributed by atoms with Gasteiger partial charge in [-0.05, 0) is 56.0 Å². The van der Waals surface area contributed by atoms with E-state index in [4.69, 9.17) is 15.2 Å². The highest BCUT2D eigenvalue weighted by molar-refractivity contribution is 5.97. The fourth-order valence-corrected chi connectivity index (χ4v) is 2.63. The molecule has 0 atom stereocenters. The van der Waals surface area contributed by atoms with E-state index in [0.717, 1.165) is 11.3 Å². The van der Waals surface area contributed by atoms with Gasteiger partial charge >= 0.3 is 0 Å². The highest BCUT2D eigenvalue weighted by Gasteiger charge is 2.35. The highest BCUT2D eigenvalue weighted by atomic mass is 16.5. The molecule has 0 aliphatic carbocycles. The summed E-state index contributed by atoms with van der Waals surface area (Å²) < 4.78 is 11.0. The summed E-state index contributed by atoms with van der Waals surface area (Å²) in [6, 6.07) is 9.36. The number of ether oxygens (including phenoxy) is 2. The number of amides is 1. The number of aromatic nitrogens is 1. The van der Waals surface area contributed by atoms with Crippen molar-refractivity contribution < 1.29 is 14.3 Å². The average molecular weight is 341 g/mol. The van der Waals surface area contributed by atoms with E-state index in [0.29, 0.717) is 37.6 Å². The van der Waals surface area contributed by atoms with E-state index in [1.165, 1.54) is 5.56 Å². The van der Waals surface area contributed by atoms with Gasteiger partial charge in [0.15, 0.2) is 0 Å². The zero-order valence-electron chi connectivity index (χ0n) is 14.5. The molecule has 1 saturated heterocycles. The minimum Gasteiger partial charge on any atom is -0.439 e. The molecular formula is C19H23N3O3. The molecule has 6 heteroatoms. The molecule has 1 aliphatic rings. The third-order valence-corrected chi connectivity index (χ3v) is 4.53. The van der Waals surface area contributed by atoms with Gasteiger partial charge in [-0.2, -0.15) is 0 Å². The van der Waals surface area contributed by atoms with Crippen LogP contribution in [0.4, 0.5) is 5.69 Å². The molecule has 1 amide bonds. The summed E-state index contributed by atoms with van der Waals surface area (Å²) >= 11 is 0. The molecule has 0 unspecified atom stereocenters. The molecule has 1 aliphatic heterocycles. The van der Waals surface area contributed by atoms with Crippen molar-refractivity contribution in [3.63, 3.8) is 0 Å². The van der Waals surface area contributed by atoms with Crippen LogP contribution in [0.5, 0.6) is 11.6 Å². The third-order valence-electron chi connectivity index (χ3n) is 4.53. The second-order valence-electron chi connectivity index (χ2n) is 6.46. The Balaban J connectivity index is 1.63. The van der Waals surface area contributed by atoms with E-state index < -0.39 is 5.54 Å². The minimum absolute atomic E-state index is 0.208. The van der Waals surface area contributed by atoms with E-state index in [9.17, 15) is 4.79 Å². The molecule has 25 heavy (non-hydrogen) atoms. The first-order valence-corrected chi connectivity index (χ1v) is 8.35. The maximum atomic E-state index is 12.4. The van der Waals surface area contributed by atoms with Crippen LogP contribution in [0.2, 0.25) is 0 Å². The number of rotatable bonds is 4. The molecule has 2 heterocycles. The Kier molecular flexibility index (Phi) is 5.01. The Morgan fingerprint density at radius 3 is 2.60 bits per heavy atom. The molecule has 2 aromatic rings. The lowest BCUT2D eigenvalue weighted by Gasteiger charge is -2.31. The smallest absolute Gasteiger partial charge is 0.244 e. The fraction of sp³-hybridized carbons (Fsp3) is 0.368. The van der Waals surface area contributed by atoms with Gasteiger partial charge in [-0.25, -0.2) is 4.98 Å². The first kappa shape index (κ1) is 17.4. The number of nitrogens with one attached hydrogen (secondary N) is 1. The quantitative estimate of drug-likeness (QED) is 0.893. The Hall–Kier alpha value is -2.44. The lowest BCUT2D eigenvalue weighted by molar-refractivity contribution is -0.124. The van der Waals surface area contributed by atoms with Crippen LogP contribution in [0.3, 0.4) is 0 Å². The van der Waals surface area contributed by atoms with Gasteiger partial charge in [0.25, 0.3) is 0 Å². The van der Waals surface area contributed by atoms with Crippen molar-refractivity contribution in [2.24, 2.45) is 5.73 Å². The van der Waals surface area contributed by atoms with Crippen LogP contribution >= 0.6 is 0 Å². The van der Waals surface area contributed by atoms with E-state index in [-0.39, 0.29) is 5.91 Å². The molecule has 1 fully saturated rings. The standard InChI is InChI=1S/C19H23N3O3/c1-13-3-5-16(11-14(13)2)25-17-6-4-15(12-21-17)22-18(23)19(20)7-9-24-10-8-19/h3-6,11-12H,7-10,20H2,1-2H3,(H,22,23). The molecule has 3 rings (SSSR count). The van der Waals surface area contributed by atoms with Crippen LogP contribution < -0.4 is 15.8 Å². The number of hydrogen-bond acceptors (Lipinski definition) is 5. The second-order valence-corrected chi connectivity index (χ2v) is 6.46. The van der Waals surface area contributed by atoms with Crippen LogP contribution in [-0.2, 0) is 9.53 Å². The third kappa shape index (κ3) is 4.15. The zero-order chi connectivity index (χ0) is 17.9. The number of carbonyl (C=O) groups is 1. The van der Waals surface area contributed by atoms with Gasteiger partial charge in [0, 0.05) is 19.3 Å². The molecule has 6 nitrogen and oxygen atoms in total. The van der Waals surface area contributed by atoms with Gasteiger partial charge in [0.05, 0.1) is 11.9 Å². The van der Waals surface area contributed by atoms with E-state index in [1.807, 2.05) is 25.1 Å². The number of nitrogens with zero attached hydrogens (tertiary/aromatic N) is 1. The summed E-state index contributed by atoms with van der Waals surface area (Å²) in [5.41, 5.74) is 8.25. The van der Waals surface area contributed by atoms with Crippen LogP contribution in [0.15, 0.2) is 36.5 Å². The normalized spacial score (nSPS) is 16.3. The highest BCUT2D eigenvalue weighted by Crippen LogP contribution is 2.24. The van der Waals surface area contributed by atoms with Crippen molar-refractivity contribution in [3.8, 4) is 11.6 Å². The van der Waals surface area contributed by atoms with Crippen LogP contribution in [0, 0.1) is 13.8 Å². The summed E-state index contributed by atoms with van der Waals surface area (Å²) in [4.78, 5) is 16.6. The summed E-state index contributed by atoms with van der Waals surface area (Å²) in [7, 11) is 0. The predicted molar refractivity (Wildman–Crippen MR) is 95.8 cm³/mol. The summed E-state index contributed by atoms with van der Waals surface area (Å²) in [5.74, 6) is 0.991. The van der Waals surface area contributed by atoms with E-state index in [1.54, 1.807) is 18.3 Å². The van der Waals surface area contributed by atoms with E-state index >= 15 is 0 Å². The first-order valence-electron chi connectivity index (χ1n) is 8.35. The fourth-order valence-electron chi connectivity index (χ4n) is 2.63. The molecule has 132 valence electrons. The van der Waals surface area contributed by atoms with Gasteiger partial charge < -0.3 is 20.5 Å². The molecular weight excluding hydrogens is 318 g/mol. The van der Waals surface area contributed by atoms with Crippen molar-refractivity contribution >= 4 is 11.6 Å². The molecule has 0 saturated carbocycles. The largest absolute Gasteiger partial charge is 0.439 e. The monoisotopic (exact) mass is 341 g/mol. The number of anilines is 1. The maximum absolute atomic E-state index is 12.4. The van der Waals surface area contributed by atoms with Gasteiger partial charge in [-0.3, -0.25) is 4.79 Å². The number of nitrogens with two attached hydrogens (primary N) is 1. The molecule has 1 aromatic carbocycles. The number of aryl methyl sites for hydroxylation is 2. The molecule has 0 spiro atoms. The van der Waals surface area contributed by atoms with Crippen molar-refractivity contribution in [3.05, 3.63) is 47.7 Å². The molecule has 0 bridgehead atoms. The van der Waals surface area contributed by atoms with Gasteiger partial charge in [-0.1, -0.05) is 6.07 Å². The summed E-state index contributed by atoms with van der Waals surface area (Å²) in [5, 5.41) is 2.82. The van der Waals surface area contributed by atoms with Gasteiger partial charge in [-0.15, -0.1) is 0 Å². The van der Waals surface area contributed by atoms with E-state index in [2.05, 4.69) is 17.2 Å². The summed E-state index contributed by atoms with van der Waals surface area (Å²) in [6.07, 6.45) is 2.59. The van der Waals surface area contributed by atoms with Gasteiger partial charge in [0.1, 0.15) is 11.3 Å². The van der Waals surface area contributed by atoms with Crippen molar-refractivity contribution in [1.29, 1.82) is 0 Å². The van der Waals surface area contributed by atoms with Crippen LogP contribution in [0.1, 0.15) is 24.0 Å². The van der Waals surface area contributed by atoms with Crippen molar-refractivity contribution in [2.45, 2.75) is 32.2 Å².